The molecule has 0 amide bonds. The zero-order valence-corrected chi connectivity index (χ0v) is 17.2. The Bertz CT molecular complexity index is 1010. The predicted molar refractivity (Wildman–Crippen MR) is 115 cm³/mol. The summed E-state index contributed by atoms with van der Waals surface area (Å²) in [5.41, 5.74) is 2.28. The summed E-state index contributed by atoms with van der Waals surface area (Å²) in [5, 5.41) is 11.8. The summed E-state index contributed by atoms with van der Waals surface area (Å²) in [6, 6.07) is 6.60. The highest BCUT2D eigenvalue weighted by Gasteiger charge is 2.20. The molecule has 1 aromatic carbocycles. The first-order chi connectivity index (χ1) is 13.9. The van der Waals surface area contributed by atoms with E-state index in [4.69, 9.17) is 21.7 Å². The van der Waals surface area contributed by atoms with Gasteiger partial charge in [-0.1, -0.05) is 17.7 Å². The number of nitrogens with zero attached hydrogens (tertiary/aromatic N) is 1. The second-order valence-corrected chi connectivity index (χ2v) is 7.60. The molecule has 2 N–H and O–H groups in total. The van der Waals surface area contributed by atoms with E-state index in [1.165, 1.54) is 23.9 Å². The Balaban J connectivity index is 1.89. The molecule has 152 valence electrons. The van der Waals surface area contributed by atoms with Gasteiger partial charge in [-0.3, -0.25) is 4.79 Å². The van der Waals surface area contributed by atoms with Crippen LogP contribution in [0.4, 0.5) is 0 Å². The fourth-order valence-electron chi connectivity index (χ4n) is 3.09. The van der Waals surface area contributed by atoms with E-state index in [-0.39, 0.29) is 17.7 Å². The van der Waals surface area contributed by atoms with Crippen molar-refractivity contribution in [3.63, 3.8) is 0 Å². The highest BCUT2D eigenvalue weighted by molar-refractivity contribution is 6.30. The average molecular weight is 414 g/mol. The van der Waals surface area contributed by atoms with Crippen molar-refractivity contribution in [2.45, 2.75) is 38.3 Å². The van der Waals surface area contributed by atoms with Gasteiger partial charge in [0.15, 0.2) is 0 Å². The van der Waals surface area contributed by atoms with Crippen LogP contribution in [0, 0.1) is 12.3 Å². The molecule has 0 saturated heterocycles. The molecular formula is C22H24ClN3O3. The van der Waals surface area contributed by atoms with Crippen LogP contribution in [0.25, 0.3) is 11.1 Å². The third-order valence-corrected chi connectivity index (χ3v) is 5.13. The maximum atomic E-state index is 12.8. The van der Waals surface area contributed by atoms with Gasteiger partial charge in [0.25, 0.3) is 5.56 Å². The van der Waals surface area contributed by atoms with Crippen LogP contribution >= 0.6 is 11.6 Å². The van der Waals surface area contributed by atoms with E-state index in [0.717, 1.165) is 24.0 Å². The minimum atomic E-state index is -0.788. The quantitative estimate of drug-likeness (QED) is 0.482. The number of hydrogen-bond acceptors (Lipinski definition) is 5. The number of rotatable bonds is 9. The third-order valence-electron chi connectivity index (χ3n) is 4.89. The summed E-state index contributed by atoms with van der Waals surface area (Å²) in [7, 11) is 1.51. The van der Waals surface area contributed by atoms with Gasteiger partial charge in [0.1, 0.15) is 12.0 Å². The van der Waals surface area contributed by atoms with Crippen molar-refractivity contribution in [1.82, 2.24) is 9.88 Å². The summed E-state index contributed by atoms with van der Waals surface area (Å²) < 4.78 is 6.80. The molecule has 0 aliphatic heterocycles. The van der Waals surface area contributed by atoms with E-state index in [1.54, 1.807) is 24.4 Å². The lowest BCUT2D eigenvalue weighted by molar-refractivity contribution is -0.110. The highest BCUT2D eigenvalue weighted by atomic mass is 35.5. The van der Waals surface area contributed by atoms with Crippen LogP contribution < -0.4 is 15.6 Å². The lowest BCUT2D eigenvalue weighted by Crippen LogP contribution is -2.26. The molecule has 1 heterocycles. The number of carbonyl (C=O) groups excluding carboxylic acids is 1. The first kappa shape index (κ1) is 20.9. The number of aldehydes is 1. The van der Waals surface area contributed by atoms with Gasteiger partial charge in [0.2, 0.25) is 0 Å². The first-order valence-corrected chi connectivity index (χ1v) is 9.82. The van der Waals surface area contributed by atoms with Crippen LogP contribution in [-0.2, 0) is 4.79 Å². The van der Waals surface area contributed by atoms with Crippen LogP contribution in [0.1, 0.15) is 30.9 Å². The lowest BCUT2D eigenvalue weighted by Gasteiger charge is -2.18. The summed E-state index contributed by atoms with van der Waals surface area (Å²) >= 11 is 6.12. The van der Waals surface area contributed by atoms with Gasteiger partial charge >= 0.3 is 0 Å². The molecule has 7 heteroatoms. The number of hydrogen-bond donors (Lipinski definition) is 2. The molecule has 0 radical (unpaired) electrons. The highest BCUT2D eigenvalue weighted by Crippen LogP contribution is 2.33. The van der Waals surface area contributed by atoms with Gasteiger partial charge in [0.05, 0.1) is 19.3 Å². The van der Waals surface area contributed by atoms with Gasteiger partial charge in [0, 0.05) is 34.8 Å². The Morgan fingerprint density at radius 2 is 2.14 bits per heavy atom. The second-order valence-electron chi connectivity index (χ2n) is 7.17. The Morgan fingerprint density at radius 1 is 1.38 bits per heavy atom. The van der Waals surface area contributed by atoms with Gasteiger partial charge in [-0.15, -0.1) is 0 Å². The smallest absolute Gasteiger partial charge is 0.252 e. The monoisotopic (exact) mass is 413 g/mol. The average Bonchev–Trinajstić information content (AvgIpc) is 3.52. The number of pyridine rings is 1. The molecule has 1 aliphatic rings. The second kappa shape index (κ2) is 9.09. The number of allylic oxidation sites excluding steroid dienone is 1. The van der Waals surface area contributed by atoms with E-state index >= 15 is 0 Å². The Hall–Kier alpha value is -2.86. The minimum absolute atomic E-state index is 0.116. The maximum Gasteiger partial charge on any atom is 0.252 e. The molecule has 29 heavy (non-hydrogen) atoms. The van der Waals surface area contributed by atoms with Crippen LogP contribution in [0.3, 0.4) is 0 Å². The number of benzene rings is 1. The Kier molecular flexibility index (Phi) is 6.54. The number of methoxy groups -OCH3 is 1. The van der Waals surface area contributed by atoms with E-state index in [9.17, 15) is 9.59 Å². The molecule has 1 unspecified atom stereocenters. The Morgan fingerprint density at radius 3 is 2.79 bits per heavy atom. The van der Waals surface area contributed by atoms with Gasteiger partial charge < -0.3 is 24.8 Å². The topological polar surface area (TPSA) is 84.2 Å². The van der Waals surface area contributed by atoms with Crippen molar-refractivity contribution in [3.8, 4) is 16.9 Å². The molecule has 1 aromatic heterocycles. The van der Waals surface area contributed by atoms with Crippen molar-refractivity contribution in [1.29, 1.82) is 5.41 Å². The Labute approximate surface area is 174 Å². The lowest BCUT2D eigenvalue weighted by atomic mass is 10.0. The molecule has 3 rings (SSSR count). The first-order valence-electron chi connectivity index (χ1n) is 9.45. The van der Waals surface area contributed by atoms with Crippen LogP contribution in [0.5, 0.6) is 5.75 Å². The zero-order valence-electron chi connectivity index (χ0n) is 16.4. The van der Waals surface area contributed by atoms with Crippen LogP contribution in [0.2, 0.25) is 5.02 Å². The number of halogens is 1. The van der Waals surface area contributed by atoms with Gasteiger partial charge in [-0.2, -0.15) is 0 Å². The summed E-state index contributed by atoms with van der Waals surface area (Å²) in [5.74, 6) is 0.458. The number of carbonyl (C=O) groups is 1. The van der Waals surface area contributed by atoms with E-state index in [2.05, 4.69) is 5.32 Å². The molecule has 1 saturated carbocycles. The summed E-state index contributed by atoms with van der Waals surface area (Å²) in [6.45, 7) is 1.92. The summed E-state index contributed by atoms with van der Waals surface area (Å²) in [6.07, 6.45) is 7.96. The van der Waals surface area contributed by atoms with Crippen molar-refractivity contribution < 1.29 is 9.53 Å². The van der Waals surface area contributed by atoms with E-state index in [1.807, 2.05) is 13.0 Å². The van der Waals surface area contributed by atoms with E-state index < -0.39 is 6.04 Å². The molecule has 2 aromatic rings. The fraction of sp³-hybridized carbons (Fsp3) is 0.318. The van der Waals surface area contributed by atoms with Crippen molar-refractivity contribution >= 4 is 23.6 Å². The largest absolute Gasteiger partial charge is 0.495 e. The number of aryl methyl sites for hydroxylation is 1. The molecular weight excluding hydrogens is 390 g/mol. The molecule has 6 nitrogen and oxygen atoms in total. The van der Waals surface area contributed by atoms with Crippen molar-refractivity contribution in [2.24, 2.45) is 0 Å². The predicted octanol–water partition coefficient (Wildman–Crippen LogP) is 3.90. The number of aromatic nitrogens is 1. The maximum absolute atomic E-state index is 12.8. The molecule has 1 atom stereocenters. The zero-order chi connectivity index (χ0) is 21.0. The SMILES string of the molecule is COc1cn(C(C=O)CC(=N)/C=C\NC2CC2)c(=O)cc1-c1cc(Cl)ccc1C. The third kappa shape index (κ3) is 5.15. The van der Waals surface area contributed by atoms with E-state index in [0.29, 0.717) is 28.7 Å². The van der Waals surface area contributed by atoms with Crippen molar-refractivity contribution in [2.75, 3.05) is 7.11 Å². The number of ether oxygens (including phenoxy) is 1. The molecule has 1 aliphatic carbocycles. The summed E-state index contributed by atoms with van der Waals surface area (Å²) in [4.78, 5) is 24.5. The van der Waals surface area contributed by atoms with Gasteiger partial charge in [-0.05, 0) is 55.3 Å². The molecule has 0 spiro atoms. The van der Waals surface area contributed by atoms with Crippen LogP contribution in [-0.4, -0.2) is 29.7 Å². The molecule has 0 bridgehead atoms. The standard InChI is InChI=1S/C22H24ClN3O3/c1-14-3-4-15(23)9-19(14)20-11-22(28)26(12-21(20)29-2)18(13-27)10-16(24)7-8-25-17-5-6-17/h3-4,7-9,11-13,17-18,24-25H,5-6,10H2,1-2H3/b8-7-,24-16?. The van der Waals surface area contributed by atoms with Crippen molar-refractivity contribution in [3.05, 3.63) is 63.7 Å². The fourth-order valence-corrected chi connectivity index (χ4v) is 3.26. The number of nitrogens with one attached hydrogen (secondary N) is 2. The molecule has 1 fully saturated rings. The minimum Gasteiger partial charge on any atom is -0.495 e. The van der Waals surface area contributed by atoms with Crippen LogP contribution in [0.15, 0.2) is 47.5 Å². The van der Waals surface area contributed by atoms with Gasteiger partial charge in [-0.25, -0.2) is 0 Å². The normalized spacial score (nSPS) is 14.6.